The van der Waals surface area contributed by atoms with Crippen LogP contribution >= 0.6 is 11.3 Å². The number of rotatable bonds is 2. The first-order valence-electron chi connectivity index (χ1n) is 6.67. The van der Waals surface area contributed by atoms with Gasteiger partial charge in [0.1, 0.15) is 11.1 Å². The SMILES string of the molecule is CCC1CCc2nc(C3CNCCO3)sc2C1. The Morgan fingerprint density at radius 2 is 2.47 bits per heavy atom. The summed E-state index contributed by atoms with van der Waals surface area (Å²) in [5, 5.41) is 4.57. The molecule has 2 unspecified atom stereocenters. The van der Waals surface area contributed by atoms with E-state index in [1.54, 1.807) is 0 Å². The van der Waals surface area contributed by atoms with Gasteiger partial charge in [-0.1, -0.05) is 13.3 Å². The first-order valence-corrected chi connectivity index (χ1v) is 7.49. The number of hydrogen-bond acceptors (Lipinski definition) is 4. The minimum absolute atomic E-state index is 0.194. The Balaban J connectivity index is 1.77. The third-order valence-electron chi connectivity index (χ3n) is 3.84. The molecule has 1 aromatic heterocycles. The number of nitrogens with zero attached hydrogens (tertiary/aromatic N) is 1. The van der Waals surface area contributed by atoms with Crippen LogP contribution in [0.2, 0.25) is 0 Å². The van der Waals surface area contributed by atoms with Crippen molar-refractivity contribution in [1.82, 2.24) is 10.3 Å². The molecule has 4 heteroatoms. The molecule has 1 fully saturated rings. The van der Waals surface area contributed by atoms with Crippen LogP contribution in [-0.2, 0) is 17.6 Å². The molecule has 1 aliphatic heterocycles. The van der Waals surface area contributed by atoms with Gasteiger partial charge >= 0.3 is 0 Å². The van der Waals surface area contributed by atoms with Crippen LogP contribution in [0.15, 0.2) is 0 Å². The molecule has 0 spiro atoms. The zero-order valence-corrected chi connectivity index (χ0v) is 11.2. The molecule has 2 atom stereocenters. The largest absolute Gasteiger partial charge is 0.368 e. The van der Waals surface area contributed by atoms with Gasteiger partial charge in [0, 0.05) is 18.0 Å². The highest BCUT2D eigenvalue weighted by atomic mass is 32.1. The second-order valence-electron chi connectivity index (χ2n) is 5.00. The molecule has 1 aromatic rings. The normalized spacial score (nSPS) is 29.0. The zero-order chi connectivity index (χ0) is 11.7. The highest BCUT2D eigenvalue weighted by molar-refractivity contribution is 7.11. The topological polar surface area (TPSA) is 34.2 Å². The van der Waals surface area contributed by atoms with E-state index in [2.05, 4.69) is 12.2 Å². The van der Waals surface area contributed by atoms with Gasteiger partial charge in [-0.2, -0.15) is 0 Å². The van der Waals surface area contributed by atoms with Crippen molar-refractivity contribution in [3.05, 3.63) is 15.6 Å². The summed E-state index contributed by atoms with van der Waals surface area (Å²) in [4.78, 5) is 6.32. The molecule has 94 valence electrons. The molecule has 0 saturated carbocycles. The predicted octanol–water partition coefficient (Wildman–Crippen LogP) is 2.32. The highest BCUT2D eigenvalue weighted by Crippen LogP contribution is 2.34. The van der Waals surface area contributed by atoms with E-state index in [9.17, 15) is 0 Å². The van der Waals surface area contributed by atoms with Crippen LogP contribution < -0.4 is 5.32 Å². The minimum atomic E-state index is 0.194. The van der Waals surface area contributed by atoms with Crippen molar-refractivity contribution in [3.8, 4) is 0 Å². The monoisotopic (exact) mass is 252 g/mol. The summed E-state index contributed by atoms with van der Waals surface area (Å²) in [6, 6.07) is 0. The van der Waals surface area contributed by atoms with Crippen molar-refractivity contribution in [2.45, 2.75) is 38.7 Å². The number of thiazole rings is 1. The lowest BCUT2D eigenvalue weighted by molar-refractivity contribution is 0.0275. The van der Waals surface area contributed by atoms with Crippen molar-refractivity contribution in [3.63, 3.8) is 0 Å². The minimum Gasteiger partial charge on any atom is -0.368 e. The molecule has 0 bridgehead atoms. The fourth-order valence-electron chi connectivity index (χ4n) is 2.67. The second-order valence-corrected chi connectivity index (χ2v) is 6.12. The molecule has 2 heterocycles. The van der Waals surface area contributed by atoms with Gasteiger partial charge in [0.2, 0.25) is 0 Å². The third-order valence-corrected chi connectivity index (χ3v) is 5.05. The van der Waals surface area contributed by atoms with Gasteiger partial charge in [-0.05, 0) is 25.2 Å². The Hall–Kier alpha value is -0.450. The maximum absolute atomic E-state index is 5.78. The molecule has 3 nitrogen and oxygen atoms in total. The smallest absolute Gasteiger partial charge is 0.123 e. The molecule has 3 rings (SSSR count). The Labute approximate surface area is 107 Å². The van der Waals surface area contributed by atoms with Gasteiger partial charge in [0.05, 0.1) is 12.3 Å². The number of aryl methyl sites for hydroxylation is 1. The fourth-order valence-corrected chi connectivity index (χ4v) is 3.95. The fraction of sp³-hybridized carbons (Fsp3) is 0.769. The number of fused-ring (bicyclic) bond motifs is 1. The Kier molecular flexibility index (Phi) is 3.45. The van der Waals surface area contributed by atoms with Gasteiger partial charge in [0.25, 0.3) is 0 Å². The molecule has 0 radical (unpaired) electrons. The van der Waals surface area contributed by atoms with Crippen LogP contribution in [0, 0.1) is 5.92 Å². The summed E-state index contributed by atoms with van der Waals surface area (Å²) in [7, 11) is 0. The standard InChI is InChI=1S/C13H20N2OS/c1-2-9-3-4-10-12(7-9)17-13(15-10)11-8-14-5-6-16-11/h9,11,14H,2-8H2,1H3. The lowest BCUT2D eigenvalue weighted by Crippen LogP contribution is -2.33. The summed E-state index contributed by atoms with van der Waals surface area (Å²) in [6.45, 7) is 5.00. The van der Waals surface area contributed by atoms with Crippen molar-refractivity contribution >= 4 is 11.3 Å². The summed E-state index contributed by atoms with van der Waals surface area (Å²) in [6.07, 6.45) is 5.22. The van der Waals surface area contributed by atoms with E-state index in [4.69, 9.17) is 9.72 Å². The average molecular weight is 252 g/mol. The van der Waals surface area contributed by atoms with E-state index in [1.165, 1.54) is 41.3 Å². The van der Waals surface area contributed by atoms with E-state index in [1.807, 2.05) is 11.3 Å². The predicted molar refractivity (Wildman–Crippen MR) is 69.5 cm³/mol. The maximum Gasteiger partial charge on any atom is 0.123 e. The van der Waals surface area contributed by atoms with Gasteiger partial charge < -0.3 is 10.1 Å². The number of morpholine rings is 1. The Bertz CT molecular complexity index is 385. The molecule has 1 N–H and O–H groups in total. The van der Waals surface area contributed by atoms with Crippen LogP contribution in [0.25, 0.3) is 0 Å². The van der Waals surface area contributed by atoms with Crippen LogP contribution in [0.1, 0.15) is 41.4 Å². The van der Waals surface area contributed by atoms with Crippen LogP contribution in [0.3, 0.4) is 0 Å². The number of hydrogen-bond donors (Lipinski definition) is 1. The number of aromatic nitrogens is 1. The maximum atomic E-state index is 5.78. The lowest BCUT2D eigenvalue weighted by Gasteiger charge is -2.21. The summed E-state index contributed by atoms with van der Waals surface area (Å²) in [5.41, 5.74) is 1.35. The zero-order valence-electron chi connectivity index (χ0n) is 10.4. The molecule has 0 aromatic carbocycles. The van der Waals surface area contributed by atoms with Crippen LogP contribution in [-0.4, -0.2) is 24.7 Å². The summed E-state index contributed by atoms with van der Waals surface area (Å²) in [5.74, 6) is 0.876. The lowest BCUT2D eigenvalue weighted by atomic mass is 9.89. The van der Waals surface area contributed by atoms with Crippen LogP contribution in [0.5, 0.6) is 0 Å². The molecular formula is C13H20N2OS. The summed E-state index contributed by atoms with van der Waals surface area (Å²) < 4.78 is 5.78. The van der Waals surface area contributed by atoms with E-state index in [0.29, 0.717) is 0 Å². The third kappa shape index (κ3) is 2.39. The molecule has 0 amide bonds. The molecule has 2 aliphatic rings. The second kappa shape index (κ2) is 5.04. The molecule has 1 aliphatic carbocycles. The van der Waals surface area contributed by atoms with Crippen molar-refractivity contribution < 1.29 is 4.74 Å². The first kappa shape index (κ1) is 11.6. The van der Waals surface area contributed by atoms with Crippen molar-refractivity contribution in [2.24, 2.45) is 5.92 Å². The average Bonchev–Trinajstić information content (AvgIpc) is 2.82. The Morgan fingerprint density at radius 1 is 1.53 bits per heavy atom. The van der Waals surface area contributed by atoms with E-state index in [-0.39, 0.29) is 6.10 Å². The molecule has 17 heavy (non-hydrogen) atoms. The van der Waals surface area contributed by atoms with Gasteiger partial charge in [0.15, 0.2) is 0 Å². The van der Waals surface area contributed by atoms with Crippen molar-refractivity contribution in [1.29, 1.82) is 0 Å². The van der Waals surface area contributed by atoms with Gasteiger partial charge in [-0.25, -0.2) is 4.98 Å². The van der Waals surface area contributed by atoms with E-state index in [0.717, 1.165) is 25.6 Å². The number of nitrogens with one attached hydrogen (secondary N) is 1. The highest BCUT2D eigenvalue weighted by Gasteiger charge is 2.25. The Morgan fingerprint density at radius 3 is 3.24 bits per heavy atom. The van der Waals surface area contributed by atoms with Gasteiger partial charge in [-0.3, -0.25) is 0 Å². The summed E-state index contributed by atoms with van der Waals surface area (Å²) >= 11 is 1.88. The quantitative estimate of drug-likeness (QED) is 0.877. The van der Waals surface area contributed by atoms with Gasteiger partial charge in [-0.15, -0.1) is 11.3 Å². The molecular weight excluding hydrogens is 232 g/mol. The first-order chi connectivity index (χ1) is 8.36. The van der Waals surface area contributed by atoms with E-state index < -0.39 is 0 Å². The van der Waals surface area contributed by atoms with Crippen molar-refractivity contribution in [2.75, 3.05) is 19.7 Å². The number of ether oxygens (including phenoxy) is 1. The molecule has 1 saturated heterocycles. The van der Waals surface area contributed by atoms with Crippen LogP contribution in [0.4, 0.5) is 0 Å². The van der Waals surface area contributed by atoms with E-state index >= 15 is 0 Å².